The molecular weight excluding hydrogens is 282 g/mol. The maximum Gasteiger partial charge on any atom is 0.0474 e. The molecule has 4 heteroatoms. The van der Waals surface area contributed by atoms with Gasteiger partial charge in [0, 0.05) is 49.0 Å². The van der Waals surface area contributed by atoms with Crippen LogP contribution >= 0.6 is 11.6 Å². The van der Waals surface area contributed by atoms with Gasteiger partial charge in [0.2, 0.25) is 0 Å². The van der Waals surface area contributed by atoms with Crippen LogP contribution in [0.2, 0.25) is 5.02 Å². The van der Waals surface area contributed by atoms with Crippen molar-refractivity contribution in [3.05, 3.63) is 28.8 Å². The molecule has 1 aliphatic heterocycles. The number of nitrogens with zero attached hydrogens (tertiary/aromatic N) is 2. The minimum Gasteiger partial charge on any atom is -0.369 e. The van der Waals surface area contributed by atoms with Crippen LogP contribution in [0.3, 0.4) is 0 Å². The molecule has 1 aromatic carbocycles. The maximum atomic E-state index is 6.49. The molecule has 2 fully saturated rings. The van der Waals surface area contributed by atoms with Crippen molar-refractivity contribution in [3.8, 4) is 0 Å². The van der Waals surface area contributed by atoms with E-state index in [4.69, 9.17) is 11.6 Å². The fourth-order valence-electron chi connectivity index (χ4n) is 3.27. The molecule has 1 aromatic rings. The normalized spacial score (nSPS) is 21.6. The van der Waals surface area contributed by atoms with E-state index in [1.165, 1.54) is 37.2 Å². The standard InChI is InChI=1S/C17H26ClN3/c1-3-19-13(2)16-7-6-15(12-17(16)18)21-10-8-20(9-11-21)14-4-5-14/h6-7,12-14,19H,3-5,8-11H2,1-2H3. The lowest BCUT2D eigenvalue weighted by Gasteiger charge is -2.36. The first-order valence-corrected chi connectivity index (χ1v) is 8.58. The number of anilines is 1. The van der Waals surface area contributed by atoms with Gasteiger partial charge in [-0.05, 0) is 44.0 Å². The van der Waals surface area contributed by atoms with E-state index in [-0.39, 0.29) is 0 Å². The van der Waals surface area contributed by atoms with Gasteiger partial charge >= 0.3 is 0 Å². The van der Waals surface area contributed by atoms with E-state index in [2.05, 4.69) is 47.2 Å². The summed E-state index contributed by atoms with van der Waals surface area (Å²) in [5, 5.41) is 4.30. The van der Waals surface area contributed by atoms with Gasteiger partial charge in [-0.25, -0.2) is 0 Å². The van der Waals surface area contributed by atoms with Gasteiger partial charge < -0.3 is 10.2 Å². The first kappa shape index (κ1) is 15.1. The SMILES string of the molecule is CCNC(C)c1ccc(N2CCN(C3CC3)CC2)cc1Cl. The summed E-state index contributed by atoms with van der Waals surface area (Å²) < 4.78 is 0. The number of rotatable bonds is 5. The van der Waals surface area contributed by atoms with E-state index >= 15 is 0 Å². The van der Waals surface area contributed by atoms with E-state index < -0.39 is 0 Å². The predicted molar refractivity (Wildman–Crippen MR) is 90.4 cm³/mol. The van der Waals surface area contributed by atoms with Gasteiger partial charge in [0.1, 0.15) is 0 Å². The summed E-state index contributed by atoms with van der Waals surface area (Å²) in [5.74, 6) is 0. The van der Waals surface area contributed by atoms with Crippen LogP contribution in [0, 0.1) is 0 Å². The Hall–Kier alpha value is -0.770. The Balaban J connectivity index is 1.64. The van der Waals surface area contributed by atoms with Crippen molar-refractivity contribution in [2.75, 3.05) is 37.6 Å². The van der Waals surface area contributed by atoms with Crippen LogP contribution in [0.25, 0.3) is 0 Å². The first-order chi connectivity index (χ1) is 10.2. The molecule has 3 nitrogen and oxygen atoms in total. The molecule has 1 saturated heterocycles. The highest BCUT2D eigenvalue weighted by molar-refractivity contribution is 6.31. The summed E-state index contributed by atoms with van der Waals surface area (Å²) in [4.78, 5) is 5.10. The molecule has 1 unspecified atom stereocenters. The monoisotopic (exact) mass is 307 g/mol. The Labute approximate surface area is 133 Å². The Morgan fingerprint density at radius 1 is 1.24 bits per heavy atom. The average molecular weight is 308 g/mol. The van der Waals surface area contributed by atoms with Gasteiger partial charge in [0.25, 0.3) is 0 Å². The van der Waals surface area contributed by atoms with Crippen molar-refractivity contribution in [1.29, 1.82) is 0 Å². The van der Waals surface area contributed by atoms with E-state index in [9.17, 15) is 0 Å². The van der Waals surface area contributed by atoms with Crippen molar-refractivity contribution >= 4 is 17.3 Å². The van der Waals surface area contributed by atoms with Crippen molar-refractivity contribution in [2.24, 2.45) is 0 Å². The number of piperazine rings is 1. The fourth-order valence-corrected chi connectivity index (χ4v) is 3.60. The average Bonchev–Trinajstić information content (AvgIpc) is 3.32. The maximum absolute atomic E-state index is 6.49. The zero-order valence-corrected chi connectivity index (χ0v) is 13.9. The summed E-state index contributed by atoms with van der Waals surface area (Å²) in [7, 11) is 0. The Bertz CT molecular complexity index is 479. The minimum atomic E-state index is 0.309. The minimum absolute atomic E-state index is 0.309. The smallest absolute Gasteiger partial charge is 0.0474 e. The summed E-state index contributed by atoms with van der Waals surface area (Å²) >= 11 is 6.49. The van der Waals surface area contributed by atoms with Gasteiger partial charge in [-0.1, -0.05) is 24.6 Å². The van der Waals surface area contributed by atoms with Gasteiger partial charge in [0.05, 0.1) is 0 Å². The van der Waals surface area contributed by atoms with Crippen molar-refractivity contribution in [1.82, 2.24) is 10.2 Å². The van der Waals surface area contributed by atoms with Crippen molar-refractivity contribution in [2.45, 2.75) is 38.8 Å². The highest BCUT2D eigenvalue weighted by atomic mass is 35.5. The second-order valence-corrected chi connectivity index (χ2v) is 6.65. The lowest BCUT2D eigenvalue weighted by Crippen LogP contribution is -2.47. The highest BCUT2D eigenvalue weighted by Crippen LogP contribution is 2.31. The van der Waals surface area contributed by atoms with Crippen LogP contribution < -0.4 is 10.2 Å². The van der Waals surface area contributed by atoms with E-state index in [0.717, 1.165) is 30.7 Å². The molecule has 0 amide bonds. The van der Waals surface area contributed by atoms with Crippen LogP contribution in [0.4, 0.5) is 5.69 Å². The van der Waals surface area contributed by atoms with Gasteiger partial charge in [-0.3, -0.25) is 4.90 Å². The summed E-state index contributed by atoms with van der Waals surface area (Å²) in [5.41, 5.74) is 2.46. The van der Waals surface area contributed by atoms with Gasteiger partial charge in [-0.2, -0.15) is 0 Å². The van der Waals surface area contributed by atoms with Crippen LogP contribution in [-0.4, -0.2) is 43.7 Å². The molecule has 3 rings (SSSR count). The first-order valence-electron chi connectivity index (χ1n) is 8.21. The second kappa shape index (κ2) is 6.55. The molecule has 2 aliphatic rings. The third-order valence-electron chi connectivity index (χ3n) is 4.70. The van der Waals surface area contributed by atoms with Gasteiger partial charge in [-0.15, -0.1) is 0 Å². The van der Waals surface area contributed by atoms with Crippen LogP contribution in [0.5, 0.6) is 0 Å². The predicted octanol–water partition coefficient (Wildman–Crippen LogP) is 3.29. The lowest BCUT2D eigenvalue weighted by atomic mass is 10.1. The molecular formula is C17H26ClN3. The number of halogens is 1. The topological polar surface area (TPSA) is 18.5 Å². The Morgan fingerprint density at radius 2 is 1.95 bits per heavy atom. The quantitative estimate of drug-likeness (QED) is 0.900. The molecule has 1 atom stereocenters. The molecule has 0 radical (unpaired) electrons. The molecule has 0 bridgehead atoms. The number of hydrogen-bond acceptors (Lipinski definition) is 3. The zero-order chi connectivity index (χ0) is 14.8. The Morgan fingerprint density at radius 3 is 2.52 bits per heavy atom. The molecule has 116 valence electrons. The fraction of sp³-hybridized carbons (Fsp3) is 0.647. The van der Waals surface area contributed by atoms with Gasteiger partial charge in [0.15, 0.2) is 0 Å². The van der Waals surface area contributed by atoms with Crippen LogP contribution in [-0.2, 0) is 0 Å². The molecule has 21 heavy (non-hydrogen) atoms. The van der Waals surface area contributed by atoms with Crippen LogP contribution in [0.1, 0.15) is 38.3 Å². The second-order valence-electron chi connectivity index (χ2n) is 6.24. The molecule has 1 N–H and O–H groups in total. The molecule has 0 aromatic heterocycles. The van der Waals surface area contributed by atoms with E-state index in [0.29, 0.717) is 6.04 Å². The van der Waals surface area contributed by atoms with Crippen molar-refractivity contribution < 1.29 is 0 Å². The molecule has 1 saturated carbocycles. The summed E-state index contributed by atoms with van der Waals surface area (Å²) in [6.07, 6.45) is 2.81. The number of benzene rings is 1. The highest BCUT2D eigenvalue weighted by Gasteiger charge is 2.31. The zero-order valence-electron chi connectivity index (χ0n) is 13.1. The number of hydrogen-bond donors (Lipinski definition) is 1. The third-order valence-corrected chi connectivity index (χ3v) is 5.03. The third kappa shape index (κ3) is 3.53. The lowest BCUT2D eigenvalue weighted by molar-refractivity contribution is 0.248. The summed E-state index contributed by atoms with van der Waals surface area (Å²) in [6, 6.07) is 7.74. The summed E-state index contributed by atoms with van der Waals surface area (Å²) in [6.45, 7) is 9.87. The van der Waals surface area contributed by atoms with E-state index in [1.807, 2.05) is 0 Å². The van der Waals surface area contributed by atoms with Crippen molar-refractivity contribution in [3.63, 3.8) is 0 Å². The van der Waals surface area contributed by atoms with Crippen LogP contribution in [0.15, 0.2) is 18.2 Å². The molecule has 1 heterocycles. The number of nitrogens with one attached hydrogen (secondary N) is 1. The Kier molecular flexibility index (Phi) is 4.72. The molecule has 1 aliphatic carbocycles. The molecule has 0 spiro atoms. The van der Waals surface area contributed by atoms with E-state index in [1.54, 1.807) is 0 Å². The largest absolute Gasteiger partial charge is 0.369 e.